The minimum absolute atomic E-state index is 0.332. The fourth-order valence-corrected chi connectivity index (χ4v) is 3.49. The Kier molecular flexibility index (Phi) is 4.41. The molecule has 2 N–H and O–H groups in total. The van der Waals surface area contributed by atoms with Crippen molar-refractivity contribution in [3.63, 3.8) is 0 Å². The van der Waals surface area contributed by atoms with Gasteiger partial charge in [0, 0.05) is 11.0 Å². The molecule has 1 aliphatic rings. The summed E-state index contributed by atoms with van der Waals surface area (Å²) in [5.74, 6) is 0.405. The predicted molar refractivity (Wildman–Crippen MR) is 93.9 cm³/mol. The van der Waals surface area contributed by atoms with Gasteiger partial charge in [0.1, 0.15) is 17.7 Å². The average Bonchev–Trinajstić information content (AvgIpc) is 2.78. The van der Waals surface area contributed by atoms with Crippen molar-refractivity contribution in [3.05, 3.63) is 53.3 Å². The molecule has 1 amide bonds. The number of halogens is 1. The molecular weight excluding hydrogens is 321 g/mol. The summed E-state index contributed by atoms with van der Waals surface area (Å²) in [4.78, 5) is 11.2. The smallest absolute Gasteiger partial charge is 0.405 e. The van der Waals surface area contributed by atoms with Gasteiger partial charge in [0.05, 0.1) is 6.61 Å². The molecule has 0 saturated carbocycles. The van der Waals surface area contributed by atoms with Crippen LogP contribution in [0.25, 0.3) is 11.1 Å². The van der Waals surface area contributed by atoms with E-state index in [0.29, 0.717) is 24.2 Å². The highest BCUT2D eigenvalue weighted by molar-refractivity contribution is 5.68. The van der Waals surface area contributed by atoms with Crippen LogP contribution < -0.4 is 10.5 Å². The lowest BCUT2D eigenvalue weighted by Gasteiger charge is -2.26. The molecule has 4 nitrogen and oxygen atoms in total. The van der Waals surface area contributed by atoms with Crippen molar-refractivity contribution in [2.45, 2.75) is 33.3 Å². The molecule has 1 unspecified atom stereocenters. The zero-order chi connectivity index (χ0) is 18.2. The first-order valence-electron chi connectivity index (χ1n) is 8.33. The Morgan fingerprint density at radius 1 is 1.28 bits per heavy atom. The van der Waals surface area contributed by atoms with Crippen molar-refractivity contribution in [1.29, 1.82) is 0 Å². The van der Waals surface area contributed by atoms with Gasteiger partial charge < -0.3 is 15.2 Å². The molecule has 0 aromatic heterocycles. The fourth-order valence-electron chi connectivity index (χ4n) is 3.49. The molecule has 0 fully saturated rings. The maximum Gasteiger partial charge on any atom is 0.405 e. The lowest BCUT2D eigenvalue weighted by Crippen LogP contribution is -2.25. The summed E-state index contributed by atoms with van der Waals surface area (Å²) in [7, 11) is 0. The Bertz CT molecular complexity index is 799. The number of hydrogen-bond acceptors (Lipinski definition) is 3. The van der Waals surface area contributed by atoms with Gasteiger partial charge in [-0.25, -0.2) is 9.18 Å². The van der Waals surface area contributed by atoms with E-state index in [-0.39, 0.29) is 11.2 Å². The number of ether oxygens (including phenoxy) is 2. The second-order valence-corrected chi connectivity index (χ2v) is 6.97. The van der Waals surface area contributed by atoms with E-state index in [1.165, 1.54) is 6.07 Å². The minimum Gasteiger partial charge on any atom is -0.494 e. The maximum atomic E-state index is 14.7. The van der Waals surface area contributed by atoms with Crippen LogP contribution in [0.2, 0.25) is 0 Å². The van der Waals surface area contributed by atoms with Gasteiger partial charge in [-0.15, -0.1) is 0 Å². The Hall–Kier alpha value is -2.56. The molecule has 0 radical (unpaired) electrons. The highest BCUT2D eigenvalue weighted by Gasteiger charge is 2.42. The number of hydrogen-bond donors (Lipinski definition) is 1. The molecule has 132 valence electrons. The number of fused-ring (bicyclic) bond motifs is 1. The van der Waals surface area contributed by atoms with E-state index in [0.717, 1.165) is 16.9 Å². The van der Waals surface area contributed by atoms with E-state index in [1.807, 2.05) is 51.1 Å². The third-order valence-electron chi connectivity index (χ3n) is 4.58. The van der Waals surface area contributed by atoms with Gasteiger partial charge in [-0.3, -0.25) is 0 Å². The molecule has 2 aromatic carbocycles. The van der Waals surface area contributed by atoms with Gasteiger partial charge in [0.2, 0.25) is 0 Å². The van der Waals surface area contributed by atoms with Gasteiger partial charge >= 0.3 is 6.09 Å². The van der Waals surface area contributed by atoms with Crippen molar-refractivity contribution < 1.29 is 18.7 Å². The molecule has 2 aromatic rings. The Labute approximate surface area is 146 Å². The molecular formula is C20H22FNO3. The number of amides is 1. The number of nitrogens with two attached hydrogens (primary N) is 1. The van der Waals surface area contributed by atoms with Gasteiger partial charge in [-0.1, -0.05) is 26.0 Å². The maximum absolute atomic E-state index is 14.7. The quantitative estimate of drug-likeness (QED) is 0.882. The average molecular weight is 343 g/mol. The Balaban J connectivity index is 1.99. The summed E-state index contributed by atoms with van der Waals surface area (Å²) < 4.78 is 25.4. The van der Waals surface area contributed by atoms with E-state index in [9.17, 15) is 9.18 Å². The second kappa shape index (κ2) is 6.39. The normalized spacial score (nSPS) is 17.8. The van der Waals surface area contributed by atoms with E-state index < -0.39 is 12.2 Å². The number of benzene rings is 2. The highest BCUT2D eigenvalue weighted by atomic mass is 19.1. The molecule has 25 heavy (non-hydrogen) atoms. The molecule has 0 aliphatic heterocycles. The summed E-state index contributed by atoms with van der Waals surface area (Å²) in [6.45, 7) is 6.47. The van der Waals surface area contributed by atoms with Crippen LogP contribution >= 0.6 is 0 Å². The molecule has 1 atom stereocenters. The molecule has 0 saturated heterocycles. The standard InChI is InChI=1S/C20H22FNO3/c1-4-24-14-7-5-12(6-8-14)15-9-13-11-20(2,3)18(25-19(22)23)16(13)10-17(15)21/h5-10,18H,4,11H2,1-3H3,(H2,22,23). The van der Waals surface area contributed by atoms with Crippen LogP contribution in [0, 0.1) is 11.2 Å². The zero-order valence-corrected chi connectivity index (χ0v) is 14.6. The Morgan fingerprint density at radius 3 is 2.56 bits per heavy atom. The van der Waals surface area contributed by atoms with Crippen LogP contribution in [0.3, 0.4) is 0 Å². The van der Waals surface area contributed by atoms with Crippen LogP contribution in [-0.4, -0.2) is 12.7 Å². The lowest BCUT2D eigenvalue weighted by atomic mass is 9.87. The first-order chi connectivity index (χ1) is 11.8. The number of carbonyl (C=O) groups is 1. The van der Waals surface area contributed by atoms with Crippen molar-refractivity contribution in [2.75, 3.05) is 6.61 Å². The molecule has 0 bridgehead atoms. The summed E-state index contributed by atoms with van der Waals surface area (Å²) in [5, 5.41) is 0. The van der Waals surface area contributed by atoms with E-state index >= 15 is 0 Å². The largest absolute Gasteiger partial charge is 0.494 e. The SMILES string of the molecule is CCOc1ccc(-c2cc3c(cc2F)C(OC(N)=O)C(C)(C)C3)cc1. The molecule has 0 spiro atoms. The topological polar surface area (TPSA) is 61.6 Å². The first-order valence-corrected chi connectivity index (χ1v) is 8.33. The predicted octanol–water partition coefficient (Wildman–Crippen LogP) is 4.61. The second-order valence-electron chi connectivity index (χ2n) is 6.97. The van der Waals surface area contributed by atoms with Crippen LogP contribution in [0.4, 0.5) is 9.18 Å². The summed E-state index contributed by atoms with van der Waals surface area (Å²) in [6.07, 6.45) is -0.698. The van der Waals surface area contributed by atoms with E-state index in [1.54, 1.807) is 0 Å². The number of rotatable bonds is 4. The molecule has 1 aliphatic carbocycles. The lowest BCUT2D eigenvalue weighted by molar-refractivity contribution is 0.0391. The summed E-state index contributed by atoms with van der Waals surface area (Å²) in [6, 6.07) is 10.6. The van der Waals surface area contributed by atoms with Crippen molar-refractivity contribution in [3.8, 4) is 16.9 Å². The zero-order valence-electron chi connectivity index (χ0n) is 14.6. The Morgan fingerprint density at radius 2 is 1.96 bits per heavy atom. The van der Waals surface area contributed by atoms with Gasteiger partial charge in [-0.2, -0.15) is 0 Å². The summed E-state index contributed by atoms with van der Waals surface area (Å²) in [5.41, 5.74) is 7.82. The van der Waals surface area contributed by atoms with Crippen molar-refractivity contribution in [2.24, 2.45) is 11.1 Å². The molecule has 5 heteroatoms. The van der Waals surface area contributed by atoms with Crippen LogP contribution in [0.1, 0.15) is 38.0 Å². The minimum atomic E-state index is -0.845. The monoisotopic (exact) mass is 343 g/mol. The van der Waals surface area contributed by atoms with Gasteiger partial charge in [0.25, 0.3) is 0 Å². The van der Waals surface area contributed by atoms with Crippen molar-refractivity contribution in [1.82, 2.24) is 0 Å². The third kappa shape index (κ3) is 3.31. The van der Waals surface area contributed by atoms with Gasteiger partial charge in [0.15, 0.2) is 0 Å². The summed E-state index contributed by atoms with van der Waals surface area (Å²) >= 11 is 0. The van der Waals surface area contributed by atoms with Crippen LogP contribution in [0.15, 0.2) is 36.4 Å². The number of carbonyl (C=O) groups excluding carboxylic acids is 1. The van der Waals surface area contributed by atoms with E-state index in [4.69, 9.17) is 15.2 Å². The highest BCUT2D eigenvalue weighted by Crippen LogP contribution is 2.48. The van der Waals surface area contributed by atoms with Crippen LogP contribution in [0.5, 0.6) is 5.75 Å². The number of primary amides is 1. The molecule has 0 heterocycles. The first kappa shape index (κ1) is 17.3. The fraction of sp³-hybridized carbons (Fsp3) is 0.350. The van der Waals surface area contributed by atoms with Gasteiger partial charge in [-0.05, 0) is 54.3 Å². The van der Waals surface area contributed by atoms with Crippen LogP contribution in [-0.2, 0) is 11.2 Å². The van der Waals surface area contributed by atoms with Crippen molar-refractivity contribution >= 4 is 6.09 Å². The third-order valence-corrected chi connectivity index (χ3v) is 4.58. The molecule has 3 rings (SSSR count). The van der Waals surface area contributed by atoms with E-state index in [2.05, 4.69) is 0 Å².